The van der Waals surface area contributed by atoms with E-state index in [0.29, 0.717) is 24.0 Å². The minimum absolute atomic E-state index is 0.141. The highest BCUT2D eigenvalue weighted by atomic mass is 35.5. The van der Waals surface area contributed by atoms with Gasteiger partial charge in [0.15, 0.2) is 0 Å². The van der Waals surface area contributed by atoms with Crippen LogP contribution in [-0.4, -0.2) is 82.1 Å². The van der Waals surface area contributed by atoms with Crippen LogP contribution in [0, 0.1) is 5.41 Å². The summed E-state index contributed by atoms with van der Waals surface area (Å²) in [6.07, 6.45) is 8.46. The molecule has 1 amide bonds. The SMILES string of the molecule is O=C(CCn1cc(Cl)cn1)N1CCC2(CC1)CC(O)CN(C1CCOCC1)C2. The predicted molar refractivity (Wildman–Crippen MR) is 106 cm³/mol. The molecular weight excluding hydrogens is 380 g/mol. The van der Waals surface area contributed by atoms with Crippen molar-refractivity contribution in [3.05, 3.63) is 17.4 Å². The Morgan fingerprint density at radius 3 is 2.75 bits per heavy atom. The lowest BCUT2D eigenvalue weighted by atomic mass is 9.71. The Kier molecular flexibility index (Phi) is 6.25. The summed E-state index contributed by atoms with van der Waals surface area (Å²) in [5.41, 5.74) is 0.141. The van der Waals surface area contributed by atoms with E-state index in [9.17, 15) is 9.90 Å². The number of ether oxygens (including phenoxy) is 1. The number of carbonyl (C=O) groups is 1. The number of aromatic nitrogens is 2. The van der Waals surface area contributed by atoms with Gasteiger partial charge >= 0.3 is 0 Å². The van der Waals surface area contributed by atoms with Crippen molar-refractivity contribution in [1.82, 2.24) is 19.6 Å². The number of aliphatic hydroxyl groups is 1. The van der Waals surface area contributed by atoms with Gasteiger partial charge in [0, 0.05) is 64.6 Å². The first kappa shape index (κ1) is 20.1. The van der Waals surface area contributed by atoms with Gasteiger partial charge in [-0.15, -0.1) is 0 Å². The fraction of sp³-hybridized carbons (Fsp3) is 0.800. The molecule has 0 aromatic carbocycles. The second kappa shape index (κ2) is 8.69. The molecule has 3 aliphatic rings. The molecular formula is C20H31ClN4O3. The van der Waals surface area contributed by atoms with Gasteiger partial charge < -0.3 is 14.7 Å². The number of aliphatic hydroxyl groups excluding tert-OH is 1. The van der Waals surface area contributed by atoms with E-state index in [0.717, 1.165) is 71.5 Å². The van der Waals surface area contributed by atoms with Crippen molar-refractivity contribution in [3.8, 4) is 0 Å². The molecule has 4 rings (SSSR count). The van der Waals surface area contributed by atoms with Crippen LogP contribution in [0.15, 0.2) is 12.4 Å². The van der Waals surface area contributed by atoms with Crippen LogP contribution in [0.1, 0.15) is 38.5 Å². The van der Waals surface area contributed by atoms with E-state index in [1.54, 1.807) is 17.1 Å². The van der Waals surface area contributed by atoms with Crippen molar-refractivity contribution < 1.29 is 14.6 Å². The number of aryl methyl sites for hydroxylation is 1. The molecule has 0 saturated carbocycles. The highest BCUT2D eigenvalue weighted by Crippen LogP contribution is 2.41. The van der Waals surface area contributed by atoms with E-state index in [1.165, 1.54) is 0 Å². The van der Waals surface area contributed by atoms with Gasteiger partial charge in [0.25, 0.3) is 0 Å². The zero-order chi connectivity index (χ0) is 19.6. The van der Waals surface area contributed by atoms with Gasteiger partial charge in [-0.1, -0.05) is 11.6 Å². The third kappa shape index (κ3) is 4.70. The van der Waals surface area contributed by atoms with Gasteiger partial charge in [-0.05, 0) is 37.5 Å². The molecule has 1 N–H and O–H groups in total. The molecule has 3 saturated heterocycles. The Balaban J connectivity index is 1.29. The van der Waals surface area contributed by atoms with Gasteiger partial charge in [-0.3, -0.25) is 14.4 Å². The number of rotatable bonds is 4. The third-order valence-corrected chi connectivity index (χ3v) is 6.89. The summed E-state index contributed by atoms with van der Waals surface area (Å²) in [6.45, 7) is 5.61. The Labute approximate surface area is 171 Å². The predicted octanol–water partition coefficient (Wildman–Crippen LogP) is 1.78. The average Bonchev–Trinajstić information content (AvgIpc) is 3.12. The van der Waals surface area contributed by atoms with Crippen LogP contribution in [0.25, 0.3) is 0 Å². The normalized spacial score (nSPS) is 26.6. The summed E-state index contributed by atoms with van der Waals surface area (Å²) in [6, 6.07) is 0.529. The van der Waals surface area contributed by atoms with Crippen molar-refractivity contribution in [2.24, 2.45) is 5.41 Å². The minimum atomic E-state index is -0.261. The smallest absolute Gasteiger partial charge is 0.224 e. The molecule has 1 spiro atoms. The molecule has 4 heterocycles. The number of nitrogens with zero attached hydrogens (tertiary/aromatic N) is 4. The van der Waals surface area contributed by atoms with E-state index < -0.39 is 0 Å². The minimum Gasteiger partial charge on any atom is -0.392 e. The molecule has 1 atom stereocenters. The maximum Gasteiger partial charge on any atom is 0.224 e. The zero-order valence-corrected chi connectivity index (χ0v) is 17.2. The first-order chi connectivity index (χ1) is 13.5. The van der Waals surface area contributed by atoms with Gasteiger partial charge in [-0.2, -0.15) is 5.10 Å². The molecule has 8 heteroatoms. The van der Waals surface area contributed by atoms with Crippen molar-refractivity contribution in [1.29, 1.82) is 0 Å². The highest BCUT2D eigenvalue weighted by Gasteiger charge is 2.43. The number of piperidine rings is 2. The summed E-state index contributed by atoms with van der Waals surface area (Å²) >= 11 is 5.88. The number of hydrogen-bond acceptors (Lipinski definition) is 5. The second-order valence-corrected chi connectivity index (χ2v) is 9.12. The van der Waals surface area contributed by atoms with Crippen LogP contribution >= 0.6 is 11.6 Å². The van der Waals surface area contributed by atoms with Crippen LogP contribution in [-0.2, 0) is 16.1 Å². The molecule has 28 heavy (non-hydrogen) atoms. The summed E-state index contributed by atoms with van der Waals surface area (Å²) in [5.74, 6) is 0.180. The topological polar surface area (TPSA) is 70.8 Å². The quantitative estimate of drug-likeness (QED) is 0.819. The monoisotopic (exact) mass is 410 g/mol. The largest absolute Gasteiger partial charge is 0.392 e. The van der Waals surface area contributed by atoms with E-state index in [2.05, 4.69) is 10.00 Å². The molecule has 0 bridgehead atoms. The van der Waals surface area contributed by atoms with Gasteiger partial charge in [0.05, 0.1) is 17.3 Å². The van der Waals surface area contributed by atoms with Gasteiger partial charge in [0.1, 0.15) is 0 Å². The lowest BCUT2D eigenvalue weighted by Crippen LogP contribution is -2.57. The van der Waals surface area contributed by atoms with Crippen molar-refractivity contribution in [2.75, 3.05) is 39.4 Å². The number of likely N-dealkylation sites (tertiary alicyclic amines) is 2. The van der Waals surface area contributed by atoms with Gasteiger partial charge in [0.2, 0.25) is 5.91 Å². The number of β-amino-alcohol motifs (C(OH)–C–C–N with tert-alkyl or cyclic N) is 1. The van der Waals surface area contributed by atoms with Crippen LogP contribution in [0.4, 0.5) is 0 Å². The number of hydrogen-bond donors (Lipinski definition) is 1. The Bertz CT molecular complexity index is 668. The fourth-order valence-electron chi connectivity index (χ4n) is 5.15. The molecule has 7 nitrogen and oxygen atoms in total. The zero-order valence-electron chi connectivity index (χ0n) is 16.4. The van der Waals surface area contributed by atoms with E-state index in [4.69, 9.17) is 16.3 Å². The molecule has 0 aliphatic carbocycles. The Hall–Kier alpha value is -1.15. The van der Waals surface area contributed by atoms with E-state index in [1.807, 2.05) is 4.90 Å². The maximum atomic E-state index is 12.6. The van der Waals surface area contributed by atoms with Crippen LogP contribution < -0.4 is 0 Å². The first-order valence-corrected chi connectivity index (χ1v) is 10.9. The summed E-state index contributed by atoms with van der Waals surface area (Å²) < 4.78 is 7.22. The molecule has 156 valence electrons. The lowest BCUT2D eigenvalue weighted by molar-refractivity contribution is -0.136. The maximum absolute atomic E-state index is 12.6. The van der Waals surface area contributed by atoms with Crippen molar-refractivity contribution in [3.63, 3.8) is 0 Å². The third-order valence-electron chi connectivity index (χ3n) is 6.69. The molecule has 0 radical (unpaired) electrons. The highest BCUT2D eigenvalue weighted by molar-refractivity contribution is 6.30. The summed E-state index contributed by atoms with van der Waals surface area (Å²) in [4.78, 5) is 17.1. The standard InChI is InChI=1S/C20H31ClN4O3/c21-16-12-22-25(13-16)6-1-19(27)23-7-4-20(5-8-23)11-18(26)14-24(15-20)17-2-9-28-10-3-17/h12-13,17-18,26H,1-11,14-15H2. The van der Waals surface area contributed by atoms with Crippen molar-refractivity contribution in [2.45, 2.75) is 57.2 Å². The second-order valence-electron chi connectivity index (χ2n) is 8.68. The fourth-order valence-corrected chi connectivity index (χ4v) is 5.30. The number of carbonyl (C=O) groups excluding carboxylic acids is 1. The Morgan fingerprint density at radius 1 is 1.32 bits per heavy atom. The lowest BCUT2D eigenvalue weighted by Gasteiger charge is -2.51. The van der Waals surface area contributed by atoms with Crippen molar-refractivity contribution >= 4 is 17.5 Å². The molecule has 1 unspecified atom stereocenters. The van der Waals surface area contributed by atoms with Crippen LogP contribution in [0.3, 0.4) is 0 Å². The van der Waals surface area contributed by atoms with E-state index >= 15 is 0 Å². The van der Waals surface area contributed by atoms with Crippen LogP contribution in [0.5, 0.6) is 0 Å². The average molecular weight is 411 g/mol. The summed E-state index contributed by atoms with van der Waals surface area (Å²) in [5, 5.41) is 15.3. The molecule has 1 aromatic rings. The molecule has 3 aliphatic heterocycles. The van der Waals surface area contributed by atoms with Crippen LogP contribution in [0.2, 0.25) is 5.02 Å². The Morgan fingerprint density at radius 2 is 2.07 bits per heavy atom. The van der Waals surface area contributed by atoms with E-state index in [-0.39, 0.29) is 17.4 Å². The number of halogens is 1. The molecule has 1 aromatic heterocycles. The number of amides is 1. The summed E-state index contributed by atoms with van der Waals surface area (Å²) in [7, 11) is 0. The first-order valence-electron chi connectivity index (χ1n) is 10.5. The molecule has 3 fully saturated rings. The van der Waals surface area contributed by atoms with Gasteiger partial charge in [-0.25, -0.2) is 0 Å².